The summed E-state index contributed by atoms with van der Waals surface area (Å²) in [5, 5.41) is -9.21. The van der Waals surface area contributed by atoms with Crippen LogP contribution in [0.4, 0.5) is 57.1 Å². The summed E-state index contributed by atoms with van der Waals surface area (Å²) < 4.78 is 217. The maximum Gasteiger partial charge on any atom is 0.864 e. The minimum Gasteiger partial charge on any atom is -0.489 e. The fraction of sp³-hybridized carbons (Fsp3) is 0. The second kappa shape index (κ2) is 12.5. The minimum absolute atomic E-state index is 0.0251. The van der Waals surface area contributed by atoms with Crippen LogP contribution >= 0.6 is 0 Å². The van der Waals surface area contributed by atoms with Crippen molar-refractivity contribution in [2.45, 2.75) is 0 Å². The van der Waals surface area contributed by atoms with Gasteiger partial charge in [-0.3, -0.25) is 0 Å². The molecule has 0 atom stereocenters. The molecule has 0 fully saturated rings. The summed E-state index contributed by atoms with van der Waals surface area (Å²) in [6, 6.07) is 11.1. The molecule has 0 saturated carbocycles. The maximum atomic E-state index is 16.2. The Labute approximate surface area is 319 Å². The molecule has 0 unspecified atom stereocenters. The van der Waals surface area contributed by atoms with Gasteiger partial charge in [0, 0.05) is 37.7 Å². The third-order valence-corrected chi connectivity index (χ3v) is 10.4. The van der Waals surface area contributed by atoms with Crippen molar-refractivity contribution in [1.82, 2.24) is 0 Å². The average molecular weight is 822 g/mol. The molecule has 0 amide bonds. The Morgan fingerprint density at radius 2 is 0.644 bits per heavy atom. The topological polar surface area (TPSA) is 27.7 Å². The van der Waals surface area contributed by atoms with Crippen LogP contribution in [0.25, 0.3) is 75.4 Å². The third-order valence-electron chi connectivity index (χ3n) is 10.4. The van der Waals surface area contributed by atoms with Crippen molar-refractivity contribution in [3.63, 3.8) is 0 Å². The summed E-state index contributed by atoms with van der Waals surface area (Å²) in [4.78, 5) is 0. The fourth-order valence-electron chi connectivity index (χ4n) is 7.85. The predicted molar refractivity (Wildman–Crippen MR) is 191 cm³/mol. The lowest BCUT2D eigenvalue weighted by molar-refractivity contribution is 0.294. The second-order valence-electron chi connectivity index (χ2n) is 13.4. The van der Waals surface area contributed by atoms with Gasteiger partial charge in [0.2, 0.25) is 0 Å². The number of hydrogen-bond acceptors (Lipinski definition) is 3. The Kier molecular flexibility index (Phi) is 7.75. The van der Waals surface area contributed by atoms with E-state index in [0.29, 0.717) is 12.1 Å². The van der Waals surface area contributed by atoms with Crippen LogP contribution in [0.15, 0.2) is 72.8 Å². The molecule has 0 heterocycles. The van der Waals surface area contributed by atoms with Crippen LogP contribution in [0.3, 0.4) is 0 Å². The standard InChI is InChI=1S/C42H12BF13O3/c44-18-11-12-22(15-7-10-21(47)32(48)25(15)18)57-43(58-41-16-5-1-13-3-8-19(45)28-23(13)26(16)30(35(51)33(28)49)37(53)39(41)55)59-42-17-6-2-14-4-9-20(46)29-24(14)27(17)31(36(52)34(29)50)38(54)40(42)56/h1-12H. The van der Waals surface area contributed by atoms with Crippen molar-refractivity contribution in [3.8, 4) is 17.2 Å². The monoisotopic (exact) mass is 822 g/mol. The first-order chi connectivity index (χ1) is 28.2. The normalized spacial score (nSPS) is 12.2. The molecule has 292 valence electrons. The van der Waals surface area contributed by atoms with E-state index in [0.717, 1.165) is 48.5 Å². The molecule has 10 aromatic rings. The molecule has 10 aromatic carbocycles. The van der Waals surface area contributed by atoms with E-state index in [9.17, 15) is 13.2 Å². The molecule has 0 aromatic heterocycles. The third kappa shape index (κ3) is 4.87. The molecule has 0 bridgehead atoms. The van der Waals surface area contributed by atoms with Crippen LogP contribution in [-0.4, -0.2) is 7.32 Å². The van der Waals surface area contributed by atoms with E-state index >= 15 is 43.9 Å². The summed E-state index contributed by atoms with van der Waals surface area (Å²) in [5.41, 5.74) is 0. The van der Waals surface area contributed by atoms with Crippen molar-refractivity contribution in [2.24, 2.45) is 0 Å². The largest absolute Gasteiger partial charge is 0.864 e. The highest BCUT2D eigenvalue weighted by molar-refractivity contribution is 6.41. The molecule has 0 aliphatic rings. The van der Waals surface area contributed by atoms with Gasteiger partial charge >= 0.3 is 7.32 Å². The summed E-state index contributed by atoms with van der Waals surface area (Å²) >= 11 is 0. The van der Waals surface area contributed by atoms with Crippen LogP contribution in [-0.2, 0) is 0 Å². The quantitative estimate of drug-likeness (QED) is 0.0950. The van der Waals surface area contributed by atoms with Gasteiger partial charge in [0.1, 0.15) is 23.2 Å². The zero-order valence-corrected chi connectivity index (χ0v) is 28.6. The molecule has 0 aliphatic heterocycles. The van der Waals surface area contributed by atoms with Crippen LogP contribution in [0.2, 0.25) is 0 Å². The Hall–Kier alpha value is -6.91. The smallest absolute Gasteiger partial charge is 0.489 e. The number of fused-ring (bicyclic) bond motifs is 1. The SMILES string of the molecule is Fc1ccc2c(OB(Oc3c(F)c(F)c4c(F)c(F)c5c(F)ccc6ccc3c4c65)Oc3c(F)c(F)c4c(F)c(F)c5c(F)ccc6ccc3c4c65)ccc(F)c2c1F. The summed E-state index contributed by atoms with van der Waals surface area (Å²) in [5.74, 6) is -26.2. The van der Waals surface area contributed by atoms with Gasteiger partial charge in [0.25, 0.3) is 0 Å². The highest BCUT2D eigenvalue weighted by Gasteiger charge is 2.39. The molecule has 10 rings (SSSR count). The van der Waals surface area contributed by atoms with Gasteiger partial charge in [0.05, 0.1) is 26.9 Å². The van der Waals surface area contributed by atoms with Crippen molar-refractivity contribution in [1.29, 1.82) is 0 Å². The highest BCUT2D eigenvalue weighted by atomic mass is 19.2. The molecule has 0 saturated heterocycles. The van der Waals surface area contributed by atoms with Gasteiger partial charge in [-0.1, -0.05) is 24.3 Å². The summed E-state index contributed by atoms with van der Waals surface area (Å²) in [7, 11) is -2.76. The molecule has 0 spiro atoms. The number of benzene rings is 10. The molecular weight excluding hydrogens is 810 g/mol. The summed E-state index contributed by atoms with van der Waals surface area (Å²) in [6.45, 7) is 0. The second-order valence-corrected chi connectivity index (χ2v) is 13.4. The molecule has 0 radical (unpaired) electrons. The van der Waals surface area contributed by atoms with E-state index in [2.05, 4.69) is 0 Å². The maximum absolute atomic E-state index is 16.2. The molecule has 3 nitrogen and oxygen atoms in total. The van der Waals surface area contributed by atoms with E-state index < -0.39 is 165 Å². The number of rotatable bonds is 6. The van der Waals surface area contributed by atoms with Crippen LogP contribution in [0.5, 0.6) is 17.2 Å². The lowest BCUT2D eigenvalue weighted by Gasteiger charge is -2.23. The molecule has 0 N–H and O–H groups in total. The van der Waals surface area contributed by atoms with E-state index in [-0.39, 0.29) is 10.8 Å². The van der Waals surface area contributed by atoms with Gasteiger partial charge in [-0.2, -0.15) is 8.78 Å². The van der Waals surface area contributed by atoms with E-state index in [1.807, 2.05) is 0 Å². The Morgan fingerprint density at radius 1 is 0.271 bits per heavy atom. The van der Waals surface area contributed by atoms with Crippen molar-refractivity contribution in [2.75, 3.05) is 0 Å². The van der Waals surface area contributed by atoms with Gasteiger partial charge in [-0.15, -0.1) is 0 Å². The van der Waals surface area contributed by atoms with Gasteiger partial charge in [-0.25, -0.2) is 48.3 Å². The average Bonchev–Trinajstić information content (AvgIpc) is 3.21. The van der Waals surface area contributed by atoms with Crippen molar-refractivity contribution in [3.05, 3.63) is 148 Å². The number of halogens is 13. The molecule has 0 aliphatic carbocycles. The van der Waals surface area contributed by atoms with E-state index in [1.165, 1.54) is 12.1 Å². The minimum atomic E-state index is -2.76. The van der Waals surface area contributed by atoms with Gasteiger partial charge in [-0.05, 0) is 59.3 Å². The lowest BCUT2D eigenvalue weighted by atomic mass is 9.91. The van der Waals surface area contributed by atoms with Gasteiger partial charge in [0.15, 0.2) is 69.7 Å². The van der Waals surface area contributed by atoms with Crippen LogP contribution in [0.1, 0.15) is 0 Å². The first-order valence-electron chi connectivity index (χ1n) is 17.0. The van der Waals surface area contributed by atoms with Crippen molar-refractivity contribution < 1.29 is 71.0 Å². The Balaban J connectivity index is 1.24. The van der Waals surface area contributed by atoms with Gasteiger partial charge < -0.3 is 14.0 Å². The Bertz CT molecular complexity index is 3310. The lowest BCUT2D eigenvalue weighted by Crippen LogP contribution is -2.38. The first-order valence-corrected chi connectivity index (χ1v) is 17.0. The predicted octanol–water partition coefficient (Wildman–Crippen LogP) is 13.0. The zero-order valence-electron chi connectivity index (χ0n) is 28.6. The zero-order chi connectivity index (χ0) is 41.5. The molecule has 59 heavy (non-hydrogen) atoms. The fourth-order valence-corrected chi connectivity index (χ4v) is 7.85. The Morgan fingerprint density at radius 3 is 1.14 bits per heavy atom. The molecular formula is C42H12BF13O3. The summed E-state index contributed by atoms with van der Waals surface area (Å²) in [6.07, 6.45) is 0. The van der Waals surface area contributed by atoms with E-state index in [4.69, 9.17) is 14.0 Å². The van der Waals surface area contributed by atoms with Crippen LogP contribution < -0.4 is 14.0 Å². The van der Waals surface area contributed by atoms with E-state index in [1.54, 1.807) is 0 Å². The highest BCUT2D eigenvalue weighted by Crippen LogP contribution is 2.48. The van der Waals surface area contributed by atoms with Crippen LogP contribution in [0, 0.1) is 75.6 Å². The first kappa shape index (κ1) is 36.4. The van der Waals surface area contributed by atoms with Crippen molar-refractivity contribution >= 4 is 82.7 Å². The molecule has 17 heteroatoms. The number of hydrogen-bond donors (Lipinski definition) is 0.